The Labute approximate surface area is 72.8 Å². The first-order valence-corrected chi connectivity index (χ1v) is 3.61. The highest BCUT2D eigenvalue weighted by molar-refractivity contribution is 4.85. The molecular formula is C6H9F3N4. The van der Waals surface area contributed by atoms with E-state index in [4.69, 9.17) is 0 Å². The fraction of sp³-hybridized carbons (Fsp3) is 0.667. The van der Waals surface area contributed by atoms with E-state index in [0.29, 0.717) is 0 Å². The first kappa shape index (κ1) is 9.97. The van der Waals surface area contributed by atoms with Crippen molar-refractivity contribution in [2.75, 3.05) is 7.05 Å². The Morgan fingerprint density at radius 2 is 2.23 bits per heavy atom. The zero-order chi connectivity index (χ0) is 9.90. The van der Waals surface area contributed by atoms with Gasteiger partial charge in [-0.3, -0.25) is 0 Å². The second kappa shape index (κ2) is 3.73. The lowest BCUT2D eigenvalue weighted by molar-refractivity contribution is -0.141. The number of hydrogen-bond donors (Lipinski definition) is 1. The van der Waals surface area contributed by atoms with E-state index in [0.717, 1.165) is 10.9 Å². The summed E-state index contributed by atoms with van der Waals surface area (Å²) in [5, 5.41) is 9.64. The van der Waals surface area contributed by atoms with Crippen LogP contribution >= 0.6 is 0 Å². The average molecular weight is 194 g/mol. The monoisotopic (exact) mass is 194 g/mol. The molecule has 0 aliphatic carbocycles. The number of aromatic nitrogens is 3. The lowest BCUT2D eigenvalue weighted by Crippen LogP contribution is -2.21. The van der Waals surface area contributed by atoms with E-state index in [1.54, 1.807) is 7.05 Å². The Bertz CT molecular complexity index is 267. The number of hydrogen-bond acceptors (Lipinski definition) is 3. The van der Waals surface area contributed by atoms with Crippen LogP contribution in [0, 0.1) is 0 Å². The van der Waals surface area contributed by atoms with E-state index >= 15 is 0 Å². The highest BCUT2D eigenvalue weighted by Gasteiger charge is 2.28. The molecule has 0 spiro atoms. The predicted molar refractivity (Wildman–Crippen MR) is 38.8 cm³/mol. The van der Waals surface area contributed by atoms with Crippen LogP contribution in [0.1, 0.15) is 5.82 Å². The Hall–Kier alpha value is -1.11. The Morgan fingerprint density at radius 3 is 2.77 bits per heavy atom. The van der Waals surface area contributed by atoms with Gasteiger partial charge in [0.05, 0.1) is 6.54 Å². The Balaban J connectivity index is 2.70. The molecule has 7 heteroatoms. The summed E-state index contributed by atoms with van der Waals surface area (Å²) in [4.78, 5) is 0. The molecular weight excluding hydrogens is 185 g/mol. The fourth-order valence-corrected chi connectivity index (χ4v) is 0.899. The van der Waals surface area contributed by atoms with Crippen molar-refractivity contribution in [1.82, 2.24) is 20.1 Å². The summed E-state index contributed by atoms with van der Waals surface area (Å²) in [5.41, 5.74) is 0. The third kappa shape index (κ3) is 3.02. The number of rotatable bonds is 3. The average Bonchev–Trinajstić information content (AvgIpc) is 2.34. The first-order chi connectivity index (χ1) is 6.03. The van der Waals surface area contributed by atoms with Gasteiger partial charge in [-0.05, 0) is 7.05 Å². The van der Waals surface area contributed by atoms with Crippen molar-refractivity contribution in [2.45, 2.75) is 19.3 Å². The fourth-order valence-electron chi connectivity index (χ4n) is 0.899. The van der Waals surface area contributed by atoms with Crippen molar-refractivity contribution in [3.05, 3.63) is 12.2 Å². The summed E-state index contributed by atoms with van der Waals surface area (Å²) < 4.78 is 36.8. The number of nitrogens with one attached hydrogen (secondary N) is 1. The molecule has 0 bridgehead atoms. The van der Waals surface area contributed by atoms with E-state index in [9.17, 15) is 13.2 Å². The van der Waals surface area contributed by atoms with Crippen LogP contribution in [0.25, 0.3) is 0 Å². The van der Waals surface area contributed by atoms with Crippen LogP contribution in [0.5, 0.6) is 0 Å². The SMILES string of the molecule is CNCc1nncn1CC(F)(F)F. The van der Waals surface area contributed by atoms with Crippen LogP contribution in [0.4, 0.5) is 13.2 Å². The third-order valence-electron chi connectivity index (χ3n) is 1.38. The molecule has 4 nitrogen and oxygen atoms in total. The molecule has 0 aliphatic heterocycles. The van der Waals surface area contributed by atoms with Crippen LogP contribution < -0.4 is 5.32 Å². The zero-order valence-corrected chi connectivity index (χ0v) is 6.97. The molecule has 0 saturated carbocycles. The smallest absolute Gasteiger partial charge is 0.313 e. The highest BCUT2D eigenvalue weighted by atomic mass is 19.4. The second-order valence-corrected chi connectivity index (χ2v) is 2.52. The van der Waals surface area contributed by atoms with Gasteiger partial charge in [-0.1, -0.05) is 0 Å². The predicted octanol–water partition coefficient (Wildman–Crippen LogP) is 0.560. The Morgan fingerprint density at radius 1 is 1.54 bits per heavy atom. The molecule has 1 N–H and O–H groups in total. The molecule has 1 aromatic rings. The minimum atomic E-state index is -4.23. The molecule has 0 atom stereocenters. The van der Waals surface area contributed by atoms with Gasteiger partial charge < -0.3 is 9.88 Å². The van der Waals surface area contributed by atoms with E-state index in [-0.39, 0.29) is 12.4 Å². The van der Waals surface area contributed by atoms with Gasteiger partial charge in [-0.15, -0.1) is 10.2 Å². The zero-order valence-electron chi connectivity index (χ0n) is 6.97. The molecule has 0 aliphatic rings. The van der Waals surface area contributed by atoms with Crippen molar-refractivity contribution in [3.63, 3.8) is 0 Å². The van der Waals surface area contributed by atoms with Crippen LogP contribution in [0.15, 0.2) is 6.33 Å². The van der Waals surface area contributed by atoms with Crippen molar-refractivity contribution in [1.29, 1.82) is 0 Å². The molecule has 1 aromatic heterocycles. The minimum Gasteiger partial charge on any atom is -0.313 e. The van der Waals surface area contributed by atoms with Gasteiger partial charge in [-0.25, -0.2) is 0 Å². The molecule has 1 rings (SSSR count). The first-order valence-electron chi connectivity index (χ1n) is 3.61. The van der Waals surface area contributed by atoms with E-state index in [2.05, 4.69) is 15.5 Å². The molecule has 0 unspecified atom stereocenters. The molecule has 74 valence electrons. The number of nitrogens with zero attached hydrogens (tertiary/aromatic N) is 3. The molecule has 0 radical (unpaired) electrons. The van der Waals surface area contributed by atoms with Crippen LogP contribution in [-0.2, 0) is 13.1 Å². The van der Waals surface area contributed by atoms with Crippen LogP contribution in [-0.4, -0.2) is 28.0 Å². The summed E-state index contributed by atoms with van der Waals surface area (Å²) in [6, 6.07) is 0. The van der Waals surface area contributed by atoms with Crippen molar-refractivity contribution in [2.24, 2.45) is 0 Å². The lowest BCUT2D eigenvalue weighted by Gasteiger charge is -2.08. The van der Waals surface area contributed by atoms with Gasteiger partial charge >= 0.3 is 6.18 Å². The molecule has 0 saturated heterocycles. The molecule has 0 fully saturated rings. The van der Waals surface area contributed by atoms with Crippen molar-refractivity contribution < 1.29 is 13.2 Å². The van der Waals surface area contributed by atoms with E-state index in [1.807, 2.05) is 0 Å². The maximum Gasteiger partial charge on any atom is 0.406 e. The van der Waals surface area contributed by atoms with E-state index in [1.165, 1.54) is 0 Å². The maximum atomic E-state index is 11.9. The molecule has 1 heterocycles. The van der Waals surface area contributed by atoms with Gasteiger partial charge in [0, 0.05) is 0 Å². The third-order valence-corrected chi connectivity index (χ3v) is 1.38. The highest BCUT2D eigenvalue weighted by Crippen LogP contribution is 2.17. The van der Waals surface area contributed by atoms with Gasteiger partial charge in [0.15, 0.2) is 0 Å². The van der Waals surface area contributed by atoms with E-state index < -0.39 is 12.7 Å². The minimum absolute atomic E-state index is 0.274. The molecule has 0 amide bonds. The van der Waals surface area contributed by atoms with Gasteiger partial charge in [-0.2, -0.15) is 13.2 Å². The van der Waals surface area contributed by atoms with Gasteiger partial charge in [0.1, 0.15) is 18.7 Å². The van der Waals surface area contributed by atoms with Crippen molar-refractivity contribution in [3.8, 4) is 0 Å². The van der Waals surface area contributed by atoms with Gasteiger partial charge in [0.25, 0.3) is 0 Å². The normalized spacial score (nSPS) is 12.0. The summed E-state index contributed by atoms with van der Waals surface area (Å²) in [6.45, 7) is -0.771. The molecule has 0 aromatic carbocycles. The Kier molecular flexibility index (Phi) is 2.86. The summed E-state index contributed by atoms with van der Waals surface area (Å²) in [6.07, 6.45) is -3.16. The summed E-state index contributed by atoms with van der Waals surface area (Å²) in [7, 11) is 1.63. The second-order valence-electron chi connectivity index (χ2n) is 2.52. The van der Waals surface area contributed by atoms with Crippen molar-refractivity contribution >= 4 is 0 Å². The number of halogens is 3. The standard InChI is InChI=1S/C6H9F3N4/c1-10-2-5-12-11-4-13(5)3-6(7,8)9/h4,10H,2-3H2,1H3. The van der Waals surface area contributed by atoms with Gasteiger partial charge in [0.2, 0.25) is 0 Å². The molecule has 13 heavy (non-hydrogen) atoms. The lowest BCUT2D eigenvalue weighted by atomic mass is 10.5. The van der Waals surface area contributed by atoms with Crippen LogP contribution in [0.2, 0.25) is 0 Å². The summed E-state index contributed by atoms with van der Waals surface area (Å²) >= 11 is 0. The maximum absolute atomic E-state index is 11.9. The number of alkyl halides is 3. The topological polar surface area (TPSA) is 42.7 Å². The summed E-state index contributed by atoms with van der Waals surface area (Å²) in [5.74, 6) is 0.278. The largest absolute Gasteiger partial charge is 0.406 e. The quantitative estimate of drug-likeness (QED) is 0.764. The van der Waals surface area contributed by atoms with Crippen LogP contribution in [0.3, 0.4) is 0 Å².